The van der Waals surface area contributed by atoms with E-state index in [1.54, 1.807) is 12.1 Å². The van der Waals surface area contributed by atoms with E-state index in [0.29, 0.717) is 33.7 Å². The lowest BCUT2D eigenvalue weighted by molar-refractivity contribution is -0.120. The van der Waals surface area contributed by atoms with E-state index in [2.05, 4.69) is 20.4 Å². The Labute approximate surface area is 188 Å². The molecule has 0 bridgehead atoms. The number of nitrogens with one attached hydrogen (secondary N) is 1. The van der Waals surface area contributed by atoms with Crippen molar-refractivity contribution in [1.82, 2.24) is 20.4 Å². The topological polar surface area (TPSA) is 94.1 Å². The molecule has 2 heterocycles. The Hall–Kier alpha value is -3.97. The van der Waals surface area contributed by atoms with Gasteiger partial charge in [0.1, 0.15) is 5.52 Å². The van der Waals surface area contributed by atoms with Gasteiger partial charge in [-0.05, 0) is 48.0 Å². The lowest BCUT2D eigenvalue weighted by atomic mass is 10.1. The number of benzene rings is 3. The van der Waals surface area contributed by atoms with Gasteiger partial charge in [-0.25, -0.2) is 4.98 Å². The van der Waals surface area contributed by atoms with Crippen molar-refractivity contribution >= 4 is 28.6 Å². The Kier molecular flexibility index (Phi) is 5.39. The molecule has 2 aromatic heterocycles. The van der Waals surface area contributed by atoms with Crippen LogP contribution < -0.4 is 5.32 Å². The first-order chi connectivity index (χ1) is 15.6. The number of amides is 1. The van der Waals surface area contributed by atoms with Crippen molar-refractivity contribution in [3.63, 3.8) is 0 Å². The quantitative estimate of drug-likeness (QED) is 0.393. The number of aromatic nitrogens is 3. The lowest BCUT2D eigenvalue weighted by Gasteiger charge is -2.02. The molecular weight excluding hydrogens is 428 g/mol. The standard InChI is InChI=1S/C24H17ClN4O3/c25-18-9-6-15(7-10-18)12-21(30)26-14-22-28-23(29-32-22)17-8-11-20-19(13-17)27-24(31-20)16-4-2-1-3-5-16/h1-11,13H,12,14H2,(H,26,30). The minimum absolute atomic E-state index is 0.143. The Bertz CT molecular complexity index is 1380. The molecule has 0 aliphatic heterocycles. The van der Waals surface area contributed by atoms with Gasteiger partial charge in [0.15, 0.2) is 5.58 Å². The fourth-order valence-electron chi connectivity index (χ4n) is 3.24. The van der Waals surface area contributed by atoms with E-state index in [9.17, 15) is 4.79 Å². The van der Waals surface area contributed by atoms with Crippen molar-refractivity contribution in [2.75, 3.05) is 0 Å². The van der Waals surface area contributed by atoms with Gasteiger partial charge in [-0.3, -0.25) is 4.79 Å². The number of hydrogen-bond donors (Lipinski definition) is 1. The van der Waals surface area contributed by atoms with Gasteiger partial charge in [0.2, 0.25) is 23.5 Å². The van der Waals surface area contributed by atoms with Crippen molar-refractivity contribution in [1.29, 1.82) is 0 Å². The summed E-state index contributed by atoms with van der Waals surface area (Å²) in [6.45, 7) is 0.143. The highest BCUT2D eigenvalue weighted by Gasteiger charge is 2.13. The maximum absolute atomic E-state index is 12.2. The van der Waals surface area contributed by atoms with Crippen molar-refractivity contribution in [2.24, 2.45) is 0 Å². The molecule has 0 unspecified atom stereocenters. The van der Waals surface area contributed by atoms with Gasteiger partial charge in [0.05, 0.1) is 13.0 Å². The number of nitrogens with zero attached hydrogens (tertiary/aromatic N) is 3. The lowest BCUT2D eigenvalue weighted by Crippen LogP contribution is -2.24. The van der Waals surface area contributed by atoms with Crippen LogP contribution in [0.4, 0.5) is 0 Å². The fraction of sp³-hybridized carbons (Fsp3) is 0.0833. The number of rotatable bonds is 6. The molecule has 0 radical (unpaired) electrons. The summed E-state index contributed by atoms with van der Waals surface area (Å²) in [5.41, 5.74) is 3.89. The van der Waals surface area contributed by atoms with E-state index in [1.807, 2.05) is 60.7 Å². The van der Waals surface area contributed by atoms with Crippen LogP contribution in [0.15, 0.2) is 81.7 Å². The molecule has 158 valence electrons. The summed E-state index contributed by atoms with van der Waals surface area (Å²) in [5, 5.41) is 7.43. The van der Waals surface area contributed by atoms with E-state index in [-0.39, 0.29) is 18.9 Å². The first kappa shape index (κ1) is 20.0. The molecule has 5 aromatic rings. The summed E-state index contributed by atoms with van der Waals surface area (Å²) in [6, 6.07) is 22.4. The molecule has 0 aliphatic carbocycles. The summed E-state index contributed by atoms with van der Waals surface area (Å²) in [6.07, 6.45) is 0.241. The summed E-state index contributed by atoms with van der Waals surface area (Å²) < 4.78 is 11.1. The molecule has 0 saturated heterocycles. The average Bonchev–Trinajstić information content (AvgIpc) is 3.46. The van der Waals surface area contributed by atoms with E-state index in [0.717, 1.165) is 16.7 Å². The Morgan fingerprint density at radius 3 is 2.56 bits per heavy atom. The van der Waals surface area contributed by atoms with Crippen molar-refractivity contribution < 1.29 is 13.7 Å². The third-order valence-electron chi connectivity index (χ3n) is 4.85. The number of fused-ring (bicyclic) bond motifs is 1. The highest BCUT2D eigenvalue weighted by atomic mass is 35.5. The first-order valence-electron chi connectivity index (χ1n) is 9.94. The minimum atomic E-state index is -0.149. The second kappa shape index (κ2) is 8.64. The normalized spacial score (nSPS) is 11.0. The molecule has 1 amide bonds. The van der Waals surface area contributed by atoms with Crippen LogP contribution in [-0.2, 0) is 17.8 Å². The first-order valence-corrected chi connectivity index (χ1v) is 10.3. The van der Waals surface area contributed by atoms with Crippen LogP contribution in [0.25, 0.3) is 33.9 Å². The van der Waals surface area contributed by atoms with Gasteiger partial charge in [0.25, 0.3) is 0 Å². The molecule has 0 fully saturated rings. The van der Waals surface area contributed by atoms with Crippen molar-refractivity contribution in [3.05, 3.63) is 89.3 Å². The zero-order valence-corrected chi connectivity index (χ0v) is 17.5. The van der Waals surface area contributed by atoms with Crippen LogP contribution >= 0.6 is 11.6 Å². The predicted octanol–water partition coefficient (Wildman–Crippen LogP) is 5.06. The second-order valence-corrected chi connectivity index (χ2v) is 7.60. The zero-order valence-electron chi connectivity index (χ0n) is 16.8. The van der Waals surface area contributed by atoms with E-state index < -0.39 is 0 Å². The van der Waals surface area contributed by atoms with Gasteiger partial charge in [-0.2, -0.15) is 4.98 Å². The predicted molar refractivity (Wildman–Crippen MR) is 120 cm³/mol. The van der Waals surface area contributed by atoms with Crippen molar-refractivity contribution in [3.8, 4) is 22.8 Å². The van der Waals surface area contributed by atoms with Gasteiger partial charge in [0, 0.05) is 16.1 Å². The maximum Gasteiger partial charge on any atom is 0.246 e. The molecule has 0 aliphatic rings. The molecule has 3 aromatic carbocycles. The molecule has 1 N–H and O–H groups in total. The monoisotopic (exact) mass is 444 g/mol. The van der Waals surface area contributed by atoms with Gasteiger partial charge in [-0.1, -0.05) is 47.1 Å². The van der Waals surface area contributed by atoms with Gasteiger partial charge >= 0.3 is 0 Å². The van der Waals surface area contributed by atoms with Crippen LogP contribution in [-0.4, -0.2) is 21.0 Å². The SMILES string of the molecule is O=C(Cc1ccc(Cl)cc1)NCc1nc(-c2ccc3oc(-c4ccccc4)nc3c2)no1. The minimum Gasteiger partial charge on any atom is -0.436 e. The third kappa shape index (κ3) is 4.38. The van der Waals surface area contributed by atoms with Crippen LogP contribution in [0, 0.1) is 0 Å². The maximum atomic E-state index is 12.2. The third-order valence-corrected chi connectivity index (χ3v) is 5.10. The summed E-state index contributed by atoms with van der Waals surface area (Å²) in [7, 11) is 0. The van der Waals surface area contributed by atoms with E-state index in [4.69, 9.17) is 20.5 Å². The Morgan fingerprint density at radius 1 is 0.938 bits per heavy atom. The number of hydrogen-bond acceptors (Lipinski definition) is 6. The number of oxazole rings is 1. The van der Waals surface area contributed by atoms with Crippen LogP contribution in [0.3, 0.4) is 0 Å². The van der Waals surface area contributed by atoms with E-state index in [1.165, 1.54) is 0 Å². The fourth-order valence-corrected chi connectivity index (χ4v) is 3.36. The highest BCUT2D eigenvalue weighted by Crippen LogP contribution is 2.27. The largest absolute Gasteiger partial charge is 0.436 e. The molecular formula is C24H17ClN4O3. The van der Waals surface area contributed by atoms with E-state index >= 15 is 0 Å². The molecule has 0 atom stereocenters. The summed E-state index contributed by atoms with van der Waals surface area (Å²) in [5.74, 6) is 1.13. The number of carbonyl (C=O) groups is 1. The summed E-state index contributed by atoms with van der Waals surface area (Å²) >= 11 is 5.87. The highest BCUT2D eigenvalue weighted by molar-refractivity contribution is 6.30. The average molecular weight is 445 g/mol. The Morgan fingerprint density at radius 2 is 1.75 bits per heavy atom. The van der Waals surface area contributed by atoms with Crippen LogP contribution in [0.5, 0.6) is 0 Å². The van der Waals surface area contributed by atoms with Crippen LogP contribution in [0.2, 0.25) is 5.02 Å². The number of halogens is 1. The van der Waals surface area contributed by atoms with Gasteiger partial charge in [-0.15, -0.1) is 0 Å². The molecule has 5 rings (SSSR count). The van der Waals surface area contributed by atoms with Crippen LogP contribution in [0.1, 0.15) is 11.5 Å². The number of carbonyl (C=O) groups excluding carboxylic acids is 1. The zero-order chi connectivity index (χ0) is 21.9. The second-order valence-electron chi connectivity index (χ2n) is 7.16. The van der Waals surface area contributed by atoms with Gasteiger partial charge < -0.3 is 14.3 Å². The van der Waals surface area contributed by atoms with Crippen molar-refractivity contribution in [2.45, 2.75) is 13.0 Å². The molecule has 0 spiro atoms. The molecule has 7 nitrogen and oxygen atoms in total. The Balaban J connectivity index is 1.26. The smallest absolute Gasteiger partial charge is 0.246 e. The molecule has 32 heavy (non-hydrogen) atoms. The molecule has 8 heteroatoms. The summed E-state index contributed by atoms with van der Waals surface area (Å²) in [4.78, 5) is 21.1. The molecule has 0 saturated carbocycles.